The van der Waals surface area contributed by atoms with Gasteiger partial charge in [0.1, 0.15) is 6.04 Å². The summed E-state index contributed by atoms with van der Waals surface area (Å²) in [6.45, 7) is 2.63. The number of carbonyl (C=O) groups is 2. The lowest BCUT2D eigenvalue weighted by molar-refractivity contribution is -0.139. The van der Waals surface area contributed by atoms with Crippen LogP contribution in [-0.2, 0) is 4.79 Å². The summed E-state index contributed by atoms with van der Waals surface area (Å²) < 4.78 is 0. The smallest absolute Gasteiger partial charge is 0.326 e. The Bertz CT molecular complexity index is 277. The third-order valence-electron chi connectivity index (χ3n) is 3.51. The topological polar surface area (TPSA) is 78.4 Å². The highest BCUT2D eigenvalue weighted by molar-refractivity contribution is 5.82. The van der Waals surface area contributed by atoms with Crippen molar-refractivity contribution in [3.05, 3.63) is 0 Å². The molecular weight excluding hydrogens is 232 g/mol. The summed E-state index contributed by atoms with van der Waals surface area (Å²) in [5.41, 5.74) is 0. The number of amides is 2. The summed E-state index contributed by atoms with van der Waals surface area (Å²) in [6, 6.07) is -1.13. The van der Waals surface area contributed by atoms with E-state index in [2.05, 4.69) is 10.6 Å². The summed E-state index contributed by atoms with van der Waals surface area (Å²) >= 11 is 0. The number of carbonyl (C=O) groups excluding carboxylic acids is 1. The van der Waals surface area contributed by atoms with E-state index < -0.39 is 12.0 Å². The third-order valence-corrected chi connectivity index (χ3v) is 3.51. The van der Waals surface area contributed by atoms with Gasteiger partial charge in [0.2, 0.25) is 0 Å². The van der Waals surface area contributed by atoms with Gasteiger partial charge in [-0.2, -0.15) is 0 Å². The number of nitrogens with one attached hydrogen (secondary N) is 2. The molecular formula is C13H24N2O3. The van der Waals surface area contributed by atoms with Gasteiger partial charge in [-0.25, -0.2) is 9.59 Å². The first-order chi connectivity index (χ1) is 8.63. The van der Waals surface area contributed by atoms with Gasteiger partial charge in [0.05, 0.1) is 0 Å². The molecule has 1 fully saturated rings. The molecule has 1 saturated carbocycles. The Morgan fingerprint density at radius 1 is 1.39 bits per heavy atom. The minimum atomic E-state index is -0.961. The number of urea groups is 1. The Hall–Kier alpha value is -1.26. The second kappa shape index (κ2) is 7.95. The molecule has 0 aromatic carbocycles. The molecule has 1 aliphatic carbocycles. The summed E-state index contributed by atoms with van der Waals surface area (Å²) in [5.74, 6) is -0.210. The summed E-state index contributed by atoms with van der Waals surface area (Å²) in [7, 11) is 0. The number of hydrogen-bond donors (Lipinski definition) is 3. The molecule has 104 valence electrons. The molecule has 2 amide bonds. The van der Waals surface area contributed by atoms with Crippen LogP contribution >= 0.6 is 0 Å². The lowest BCUT2D eigenvalue weighted by atomic mass is 9.83. The van der Waals surface area contributed by atoms with Gasteiger partial charge in [-0.05, 0) is 18.8 Å². The van der Waals surface area contributed by atoms with Crippen LogP contribution in [-0.4, -0.2) is 29.7 Å². The highest BCUT2D eigenvalue weighted by atomic mass is 16.4. The molecule has 1 rings (SSSR count). The number of rotatable bonds is 8. The standard InChI is InChI=1S/C13H24N2O3/c1-2-3-7-11(12(16)17)15-13(18)14-9-8-10-5-4-6-10/h10-11H,2-9H2,1H3,(H,16,17)(H2,14,15,18)/t11-/m0/s1. The van der Waals surface area contributed by atoms with E-state index in [9.17, 15) is 9.59 Å². The van der Waals surface area contributed by atoms with Gasteiger partial charge < -0.3 is 15.7 Å². The molecule has 1 atom stereocenters. The van der Waals surface area contributed by atoms with Crippen LogP contribution in [0.3, 0.4) is 0 Å². The lowest BCUT2D eigenvalue weighted by Gasteiger charge is -2.25. The van der Waals surface area contributed by atoms with Crippen LogP contribution in [0, 0.1) is 5.92 Å². The fourth-order valence-electron chi connectivity index (χ4n) is 2.05. The van der Waals surface area contributed by atoms with Crippen molar-refractivity contribution in [2.75, 3.05) is 6.54 Å². The Kier molecular flexibility index (Phi) is 6.54. The molecule has 3 N–H and O–H groups in total. The van der Waals surface area contributed by atoms with Gasteiger partial charge in [0.25, 0.3) is 0 Å². The quantitative estimate of drug-likeness (QED) is 0.622. The normalized spacial score (nSPS) is 16.7. The number of unbranched alkanes of at least 4 members (excludes halogenated alkanes) is 1. The van der Waals surface area contributed by atoms with Crippen molar-refractivity contribution in [3.63, 3.8) is 0 Å². The van der Waals surface area contributed by atoms with Crippen LogP contribution in [0.2, 0.25) is 0 Å². The van der Waals surface area contributed by atoms with Crippen molar-refractivity contribution >= 4 is 12.0 Å². The fraction of sp³-hybridized carbons (Fsp3) is 0.846. The monoisotopic (exact) mass is 256 g/mol. The first kappa shape index (κ1) is 14.8. The summed E-state index contributed by atoms with van der Waals surface area (Å²) in [5, 5.41) is 14.2. The zero-order chi connectivity index (χ0) is 13.4. The highest BCUT2D eigenvalue weighted by Gasteiger charge is 2.20. The van der Waals surface area contributed by atoms with E-state index in [0.717, 1.165) is 25.2 Å². The molecule has 0 aromatic heterocycles. The molecule has 0 aromatic rings. The van der Waals surface area contributed by atoms with Crippen molar-refractivity contribution in [1.29, 1.82) is 0 Å². The van der Waals surface area contributed by atoms with Crippen LogP contribution in [0.1, 0.15) is 51.9 Å². The van der Waals surface area contributed by atoms with E-state index in [1.807, 2.05) is 6.92 Å². The van der Waals surface area contributed by atoms with Crippen LogP contribution in [0.5, 0.6) is 0 Å². The Morgan fingerprint density at radius 3 is 2.61 bits per heavy atom. The van der Waals surface area contributed by atoms with Crippen LogP contribution < -0.4 is 10.6 Å². The Labute approximate surface area is 108 Å². The number of carboxylic acids is 1. The molecule has 0 heterocycles. The largest absolute Gasteiger partial charge is 0.480 e. The average molecular weight is 256 g/mol. The molecule has 5 nitrogen and oxygen atoms in total. The van der Waals surface area contributed by atoms with E-state index in [-0.39, 0.29) is 6.03 Å². The second-order valence-electron chi connectivity index (χ2n) is 5.02. The Balaban J connectivity index is 2.16. The molecule has 0 saturated heterocycles. The van der Waals surface area contributed by atoms with Gasteiger partial charge in [0.15, 0.2) is 0 Å². The molecule has 0 bridgehead atoms. The van der Waals surface area contributed by atoms with Gasteiger partial charge in [-0.3, -0.25) is 0 Å². The van der Waals surface area contributed by atoms with E-state index in [0.29, 0.717) is 13.0 Å². The maximum atomic E-state index is 11.5. The molecule has 0 spiro atoms. The third kappa shape index (κ3) is 5.38. The van der Waals surface area contributed by atoms with Crippen LogP contribution in [0.25, 0.3) is 0 Å². The number of hydrogen-bond acceptors (Lipinski definition) is 2. The molecule has 5 heteroatoms. The SMILES string of the molecule is CCCC[C@H](NC(=O)NCCC1CCC1)C(=O)O. The number of carboxylic acid groups (broad SMARTS) is 1. The molecule has 0 aliphatic heterocycles. The summed E-state index contributed by atoms with van der Waals surface area (Å²) in [6.07, 6.45) is 7.04. The van der Waals surface area contributed by atoms with E-state index in [1.54, 1.807) is 0 Å². The Morgan fingerprint density at radius 2 is 2.11 bits per heavy atom. The number of aliphatic carboxylic acids is 1. The van der Waals surface area contributed by atoms with Gasteiger partial charge in [0, 0.05) is 6.54 Å². The van der Waals surface area contributed by atoms with E-state index in [4.69, 9.17) is 5.11 Å². The summed E-state index contributed by atoms with van der Waals surface area (Å²) in [4.78, 5) is 22.5. The van der Waals surface area contributed by atoms with Gasteiger partial charge in [-0.15, -0.1) is 0 Å². The van der Waals surface area contributed by atoms with Crippen molar-refractivity contribution in [2.24, 2.45) is 5.92 Å². The minimum Gasteiger partial charge on any atom is -0.480 e. The predicted octanol–water partition coefficient (Wildman–Crippen LogP) is 2.12. The zero-order valence-corrected chi connectivity index (χ0v) is 11.1. The fourth-order valence-corrected chi connectivity index (χ4v) is 2.05. The van der Waals surface area contributed by atoms with Gasteiger partial charge in [-0.1, -0.05) is 39.0 Å². The van der Waals surface area contributed by atoms with E-state index >= 15 is 0 Å². The first-order valence-electron chi connectivity index (χ1n) is 6.90. The first-order valence-corrected chi connectivity index (χ1v) is 6.90. The molecule has 0 unspecified atom stereocenters. The van der Waals surface area contributed by atoms with Crippen molar-refractivity contribution in [3.8, 4) is 0 Å². The van der Waals surface area contributed by atoms with Crippen molar-refractivity contribution in [2.45, 2.75) is 57.9 Å². The molecule has 1 aliphatic rings. The van der Waals surface area contributed by atoms with E-state index in [1.165, 1.54) is 19.3 Å². The van der Waals surface area contributed by atoms with Crippen LogP contribution in [0.15, 0.2) is 0 Å². The average Bonchev–Trinajstić information content (AvgIpc) is 2.27. The molecule has 0 radical (unpaired) electrons. The molecule has 18 heavy (non-hydrogen) atoms. The predicted molar refractivity (Wildman–Crippen MR) is 69.4 cm³/mol. The maximum Gasteiger partial charge on any atom is 0.326 e. The van der Waals surface area contributed by atoms with Crippen molar-refractivity contribution in [1.82, 2.24) is 10.6 Å². The highest BCUT2D eigenvalue weighted by Crippen LogP contribution is 2.28. The second-order valence-corrected chi connectivity index (χ2v) is 5.02. The lowest BCUT2D eigenvalue weighted by Crippen LogP contribution is -2.46. The van der Waals surface area contributed by atoms with Crippen LogP contribution in [0.4, 0.5) is 4.79 Å². The maximum absolute atomic E-state index is 11.5. The zero-order valence-electron chi connectivity index (χ0n) is 11.1. The van der Waals surface area contributed by atoms with Gasteiger partial charge >= 0.3 is 12.0 Å². The van der Waals surface area contributed by atoms with Crippen molar-refractivity contribution < 1.29 is 14.7 Å². The minimum absolute atomic E-state index is 0.363.